The van der Waals surface area contributed by atoms with Gasteiger partial charge >= 0.3 is 17.9 Å². The monoisotopic (exact) mass is 363 g/mol. The zero-order valence-electron chi connectivity index (χ0n) is 14.2. The summed E-state index contributed by atoms with van der Waals surface area (Å²) in [5.41, 5.74) is -2.56. The highest BCUT2D eigenvalue weighted by atomic mass is 16.7. The topological polar surface area (TPSA) is 158 Å². The number of rotatable bonds is 5. The van der Waals surface area contributed by atoms with E-state index in [0.717, 1.165) is 27.7 Å². The number of esters is 3. The summed E-state index contributed by atoms with van der Waals surface area (Å²) >= 11 is 0. The van der Waals surface area contributed by atoms with Crippen molar-refractivity contribution in [2.45, 2.75) is 58.0 Å². The number of carbonyl (C=O) groups excluding carboxylic acids is 4. The number of aliphatic hydroxyl groups excluding tert-OH is 1. The molecular formula is C14H21NO10. The number of hydrogen-bond donors (Lipinski definition) is 3. The standard InChI is InChI=1S/C14H21NO10/c1-6(16)15-14(21)12(23-8(3)18)11(20)10(5-22-7(2)17)25-13(14)24-9(4)19/h10-13,20-21H,5H2,1-4H3,(H,15,16)/t10-,11-,12+,13+,14-/m1/s1. The summed E-state index contributed by atoms with van der Waals surface area (Å²) in [6, 6.07) is 0. The SMILES string of the molecule is CC(=O)N[C@]1(O)[C@@H](OC(C)=O)O[C@H](COC(C)=O)[C@@H](O)[C@@H]1OC(C)=O. The van der Waals surface area contributed by atoms with E-state index >= 15 is 0 Å². The lowest BCUT2D eigenvalue weighted by atomic mass is 9.92. The van der Waals surface area contributed by atoms with Crippen LogP contribution in [-0.2, 0) is 38.1 Å². The van der Waals surface area contributed by atoms with Gasteiger partial charge in [0.2, 0.25) is 11.6 Å². The van der Waals surface area contributed by atoms with Crippen LogP contribution in [0.4, 0.5) is 0 Å². The molecule has 1 amide bonds. The molecule has 1 rings (SSSR count). The molecule has 0 saturated carbocycles. The number of amides is 1. The number of carbonyl (C=O) groups is 4. The van der Waals surface area contributed by atoms with Gasteiger partial charge in [-0.15, -0.1) is 0 Å². The van der Waals surface area contributed by atoms with Gasteiger partial charge in [-0.3, -0.25) is 19.2 Å². The first kappa shape index (κ1) is 20.8. The van der Waals surface area contributed by atoms with Gasteiger partial charge in [-0.25, -0.2) is 0 Å². The summed E-state index contributed by atoms with van der Waals surface area (Å²) in [4.78, 5) is 45.0. The van der Waals surface area contributed by atoms with Crippen LogP contribution in [0.25, 0.3) is 0 Å². The molecule has 5 atom stereocenters. The Kier molecular flexibility index (Phi) is 6.85. The molecule has 1 fully saturated rings. The average Bonchev–Trinajstić information content (AvgIpc) is 2.44. The molecule has 142 valence electrons. The molecule has 0 aromatic rings. The third kappa shape index (κ3) is 5.37. The molecule has 0 aromatic heterocycles. The molecule has 3 N–H and O–H groups in total. The molecule has 0 radical (unpaired) electrons. The Morgan fingerprint density at radius 2 is 1.60 bits per heavy atom. The zero-order valence-corrected chi connectivity index (χ0v) is 14.2. The Morgan fingerprint density at radius 3 is 2.04 bits per heavy atom. The number of ether oxygens (including phenoxy) is 4. The Hall–Kier alpha value is -2.24. The molecular weight excluding hydrogens is 342 g/mol. The fraction of sp³-hybridized carbons (Fsp3) is 0.714. The first-order chi connectivity index (χ1) is 11.5. The van der Waals surface area contributed by atoms with E-state index in [1.807, 2.05) is 0 Å². The summed E-state index contributed by atoms with van der Waals surface area (Å²) < 4.78 is 19.7. The Balaban J connectivity index is 3.23. The Labute approximate surface area is 143 Å². The van der Waals surface area contributed by atoms with Crippen molar-refractivity contribution in [2.75, 3.05) is 6.61 Å². The van der Waals surface area contributed by atoms with Gasteiger partial charge in [-0.05, 0) is 0 Å². The maximum absolute atomic E-state index is 11.4. The molecule has 11 nitrogen and oxygen atoms in total. The van der Waals surface area contributed by atoms with E-state index < -0.39 is 60.7 Å². The average molecular weight is 363 g/mol. The Bertz CT molecular complexity index is 550. The molecule has 0 unspecified atom stereocenters. The number of nitrogens with one attached hydrogen (secondary N) is 1. The smallest absolute Gasteiger partial charge is 0.305 e. The minimum atomic E-state index is -2.56. The molecule has 1 heterocycles. The van der Waals surface area contributed by atoms with E-state index in [-0.39, 0.29) is 0 Å². The van der Waals surface area contributed by atoms with Crippen LogP contribution >= 0.6 is 0 Å². The third-order valence-electron chi connectivity index (χ3n) is 3.18. The van der Waals surface area contributed by atoms with E-state index in [9.17, 15) is 29.4 Å². The highest BCUT2D eigenvalue weighted by Gasteiger charge is 2.60. The van der Waals surface area contributed by atoms with Gasteiger partial charge in [0.15, 0.2) is 6.10 Å². The summed E-state index contributed by atoms with van der Waals surface area (Å²) in [5, 5.41) is 23.1. The molecule has 0 spiro atoms. The van der Waals surface area contributed by atoms with E-state index in [4.69, 9.17) is 18.9 Å². The van der Waals surface area contributed by atoms with E-state index in [1.165, 1.54) is 0 Å². The summed E-state index contributed by atoms with van der Waals surface area (Å²) in [6.45, 7) is 3.73. The van der Waals surface area contributed by atoms with Crippen molar-refractivity contribution in [3.8, 4) is 0 Å². The van der Waals surface area contributed by atoms with Gasteiger partial charge in [0.25, 0.3) is 6.29 Å². The van der Waals surface area contributed by atoms with Crippen LogP contribution in [0.3, 0.4) is 0 Å². The van der Waals surface area contributed by atoms with Gasteiger partial charge < -0.3 is 34.5 Å². The molecule has 0 aliphatic carbocycles. The van der Waals surface area contributed by atoms with Crippen molar-refractivity contribution in [1.82, 2.24) is 5.32 Å². The van der Waals surface area contributed by atoms with Gasteiger partial charge in [0, 0.05) is 27.7 Å². The molecule has 0 bridgehead atoms. The lowest BCUT2D eigenvalue weighted by Gasteiger charge is -2.48. The van der Waals surface area contributed by atoms with E-state index in [0.29, 0.717) is 0 Å². The largest absolute Gasteiger partial charge is 0.463 e. The second kappa shape index (κ2) is 8.23. The second-order valence-electron chi connectivity index (χ2n) is 5.45. The molecule has 11 heteroatoms. The van der Waals surface area contributed by atoms with Crippen LogP contribution in [0.1, 0.15) is 27.7 Å². The van der Waals surface area contributed by atoms with Gasteiger partial charge in [-0.2, -0.15) is 0 Å². The second-order valence-corrected chi connectivity index (χ2v) is 5.45. The summed E-state index contributed by atoms with van der Waals surface area (Å²) in [5.74, 6) is -3.21. The molecule has 1 aliphatic heterocycles. The lowest BCUT2D eigenvalue weighted by Crippen LogP contribution is -2.74. The number of hydrogen-bond acceptors (Lipinski definition) is 10. The third-order valence-corrected chi connectivity index (χ3v) is 3.18. The van der Waals surface area contributed by atoms with Gasteiger partial charge in [0.1, 0.15) is 18.8 Å². The predicted octanol–water partition coefficient (Wildman–Crippen LogP) is -2.05. The van der Waals surface area contributed by atoms with Crippen LogP contribution in [0.15, 0.2) is 0 Å². The molecule has 1 saturated heterocycles. The van der Waals surface area contributed by atoms with Crippen molar-refractivity contribution in [3.05, 3.63) is 0 Å². The van der Waals surface area contributed by atoms with Crippen LogP contribution in [0.2, 0.25) is 0 Å². The van der Waals surface area contributed by atoms with Crippen molar-refractivity contribution >= 4 is 23.8 Å². The molecule has 25 heavy (non-hydrogen) atoms. The molecule has 1 aliphatic rings. The highest BCUT2D eigenvalue weighted by Crippen LogP contribution is 2.32. The van der Waals surface area contributed by atoms with Crippen molar-refractivity contribution in [2.24, 2.45) is 0 Å². The van der Waals surface area contributed by atoms with Crippen LogP contribution < -0.4 is 5.32 Å². The first-order valence-corrected chi connectivity index (χ1v) is 7.29. The fourth-order valence-electron chi connectivity index (χ4n) is 2.29. The van der Waals surface area contributed by atoms with Crippen LogP contribution in [-0.4, -0.2) is 71.0 Å². The zero-order chi connectivity index (χ0) is 19.4. The van der Waals surface area contributed by atoms with Gasteiger partial charge in [-0.1, -0.05) is 0 Å². The first-order valence-electron chi connectivity index (χ1n) is 7.29. The van der Waals surface area contributed by atoms with Gasteiger partial charge in [0.05, 0.1) is 0 Å². The quantitative estimate of drug-likeness (QED) is 0.282. The molecule has 0 aromatic carbocycles. The minimum absolute atomic E-state index is 0.470. The van der Waals surface area contributed by atoms with Crippen LogP contribution in [0, 0.1) is 0 Å². The van der Waals surface area contributed by atoms with Crippen molar-refractivity contribution in [1.29, 1.82) is 0 Å². The highest BCUT2D eigenvalue weighted by molar-refractivity contribution is 5.74. The lowest BCUT2D eigenvalue weighted by molar-refractivity contribution is -0.339. The maximum atomic E-state index is 11.4. The van der Waals surface area contributed by atoms with Crippen molar-refractivity contribution in [3.63, 3.8) is 0 Å². The summed E-state index contributed by atoms with van der Waals surface area (Å²) in [7, 11) is 0. The van der Waals surface area contributed by atoms with Crippen molar-refractivity contribution < 1.29 is 48.3 Å². The summed E-state index contributed by atoms with van der Waals surface area (Å²) in [6.07, 6.45) is -6.59. The maximum Gasteiger partial charge on any atom is 0.305 e. The number of aliphatic hydroxyl groups is 2. The van der Waals surface area contributed by atoms with Crippen LogP contribution in [0.5, 0.6) is 0 Å². The Morgan fingerprint density at radius 1 is 1.04 bits per heavy atom. The minimum Gasteiger partial charge on any atom is -0.463 e. The normalized spacial score (nSPS) is 31.6. The fourth-order valence-corrected chi connectivity index (χ4v) is 2.29. The predicted molar refractivity (Wildman–Crippen MR) is 77.4 cm³/mol. The van der Waals surface area contributed by atoms with E-state index in [2.05, 4.69) is 5.32 Å². The van der Waals surface area contributed by atoms with E-state index in [1.54, 1.807) is 0 Å².